The van der Waals surface area contributed by atoms with E-state index in [2.05, 4.69) is 10.6 Å². The fourth-order valence-corrected chi connectivity index (χ4v) is 1.11. The van der Waals surface area contributed by atoms with Gasteiger partial charge in [0.1, 0.15) is 0 Å². The van der Waals surface area contributed by atoms with Crippen LogP contribution in [0.2, 0.25) is 0 Å². The van der Waals surface area contributed by atoms with Crippen molar-refractivity contribution in [2.24, 2.45) is 5.73 Å². The number of carbonyl (C=O) groups is 2. The molecular weight excluding hydrogens is 194 g/mol. The van der Waals surface area contributed by atoms with Gasteiger partial charge in [0.25, 0.3) is 0 Å². The van der Waals surface area contributed by atoms with Crippen LogP contribution < -0.4 is 16.4 Å². The zero-order valence-electron chi connectivity index (χ0n) is 9.51. The average molecular weight is 215 g/mol. The standard InChI is InChI=1S/C10H21N3O2/c1-8(2)13-10(15)5-7-12-6-3-4-9(11)14/h8,12H,3-7H2,1-2H3,(H2,11,14)(H,13,15). The van der Waals surface area contributed by atoms with Crippen molar-refractivity contribution in [3.05, 3.63) is 0 Å². The molecule has 0 aliphatic heterocycles. The molecule has 0 heterocycles. The molecule has 0 aliphatic rings. The van der Waals surface area contributed by atoms with E-state index < -0.39 is 0 Å². The van der Waals surface area contributed by atoms with Gasteiger partial charge in [0.15, 0.2) is 0 Å². The maximum atomic E-state index is 11.2. The molecule has 0 fully saturated rings. The molecule has 5 nitrogen and oxygen atoms in total. The zero-order valence-corrected chi connectivity index (χ0v) is 9.51. The van der Waals surface area contributed by atoms with E-state index in [1.165, 1.54) is 0 Å². The minimum atomic E-state index is -0.283. The summed E-state index contributed by atoms with van der Waals surface area (Å²) in [4.78, 5) is 21.6. The van der Waals surface area contributed by atoms with Crippen LogP contribution in [-0.4, -0.2) is 30.9 Å². The Morgan fingerprint density at radius 1 is 1.20 bits per heavy atom. The molecule has 0 atom stereocenters. The number of carbonyl (C=O) groups excluding carboxylic acids is 2. The Morgan fingerprint density at radius 2 is 1.87 bits per heavy atom. The summed E-state index contributed by atoms with van der Waals surface area (Å²) in [6.07, 6.45) is 1.58. The van der Waals surface area contributed by atoms with Gasteiger partial charge in [-0.15, -0.1) is 0 Å². The summed E-state index contributed by atoms with van der Waals surface area (Å²) in [5, 5.41) is 5.88. The molecule has 0 spiro atoms. The Morgan fingerprint density at radius 3 is 2.40 bits per heavy atom. The van der Waals surface area contributed by atoms with Crippen LogP contribution in [-0.2, 0) is 9.59 Å². The Kier molecular flexibility index (Phi) is 7.62. The summed E-state index contributed by atoms with van der Waals surface area (Å²) >= 11 is 0. The van der Waals surface area contributed by atoms with E-state index in [-0.39, 0.29) is 17.9 Å². The lowest BCUT2D eigenvalue weighted by molar-refractivity contribution is -0.121. The van der Waals surface area contributed by atoms with E-state index in [0.29, 0.717) is 19.4 Å². The first-order valence-corrected chi connectivity index (χ1v) is 5.30. The monoisotopic (exact) mass is 215 g/mol. The first kappa shape index (κ1) is 13.9. The van der Waals surface area contributed by atoms with Gasteiger partial charge in [-0.3, -0.25) is 9.59 Å². The molecule has 15 heavy (non-hydrogen) atoms. The van der Waals surface area contributed by atoms with Gasteiger partial charge in [-0.25, -0.2) is 0 Å². The molecular formula is C10H21N3O2. The molecule has 0 saturated carbocycles. The topological polar surface area (TPSA) is 84.2 Å². The Balaban J connectivity index is 3.24. The Hall–Kier alpha value is -1.10. The Bertz CT molecular complexity index is 205. The third-order valence-corrected chi connectivity index (χ3v) is 1.76. The largest absolute Gasteiger partial charge is 0.370 e. The second-order valence-corrected chi connectivity index (χ2v) is 3.79. The van der Waals surface area contributed by atoms with Gasteiger partial charge in [0.05, 0.1) is 0 Å². The number of primary amides is 1. The third kappa shape index (κ3) is 10.8. The van der Waals surface area contributed by atoms with Crippen molar-refractivity contribution >= 4 is 11.8 Å². The van der Waals surface area contributed by atoms with Crippen LogP contribution in [0.1, 0.15) is 33.1 Å². The van der Waals surface area contributed by atoms with Crippen molar-refractivity contribution in [2.45, 2.75) is 39.2 Å². The summed E-state index contributed by atoms with van der Waals surface area (Å²) in [5.74, 6) is -0.234. The van der Waals surface area contributed by atoms with Crippen molar-refractivity contribution < 1.29 is 9.59 Å². The first-order valence-electron chi connectivity index (χ1n) is 5.30. The number of rotatable bonds is 8. The fourth-order valence-electron chi connectivity index (χ4n) is 1.11. The van der Waals surface area contributed by atoms with Crippen LogP contribution in [0.3, 0.4) is 0 Å². The minimum Gasteiger partial charge on any atom is -0.370 e. The lowest BCUT2D eigenvalue weighted by atomic mass is 10.3. The molecule has 0 radical (unpaired) electrons. The van der Waals surface area contributed by atoms with Gasteiger partial charge in [-0.2, -0.15) is 0 Å². The molecule has 5 heteroatoms. The highest BCUT2D eigenvalue weighted by atomic mass is 16.2. The van der Waals surface area contributed by atoms with Crippen molar-refractivity contribution in [1.29, 1.82) is 0 Å². The number of nitrogens with two attached hydrogens (primary N) is 1. The van der Waals surface area contributed by atoms with Crippen LogP contribution in [0.5, 0.6) is 0 Å². The lowest BCUT2D eigenvalue weighted by Crippen LogP contribution is -2.32. The van der Waals surface area contributed by atoms with Crippen LogP contribution in [0.25, 0.3) is 0 Å². The summed E-state index contributed by atoms with van der Waals surface area (Å²) in [6, 6.07) is 0.187. The predicted molar refractivity (Wildman–Crippen MR) is 59.2 cm³/mol. The maximum Gasteiger partial charge on any atom is 0.221 e. The highest BCUT2D eigenvalue weighted by Gasteiger charge is 2.01. The summed E-state index contributed by atoms with van der Waals surface area (Å²) in [5.41, 5.74) is 4.98. The average Bonchev–Trinajstić information content (AvgIpc) is 2.09. The molecule has 0 aliphatic carbocycles. The van der Waals surface area contributed by atoms with Crippen LogP contribution in [0.4, 0.5) is 0 Å². The van der Waals surface area contributed by atoms with Crippen molar-refractivity contribution in [3.8, 4) is 0 Å². The number of hydrogen-bond acceptors (Lipinski definition) is 3. The van der Waals surface area contributed by atoms with Crippen LogP contribution in [0.15, 0.2) is 0 Å². The molecule has 0 rings (SSSR count). The first-order chi connectivity index (χ1) is 7.02. The molecule has 0 saturated heterocycles. The van der Waals surface area contributed by atoms with Crippen molar-refractivity contribution in [1.82, 2.24) is 10.6 Å². The number of amides is 2. The quantitative estimate of drug-likeness (QED) is 0.488. The van der Waals surface area contributed by atoms with E-state index in [4.69, 9.17) is 5.73 Å². The SMILES string of the molecule is CC(C)NC(=O)CCNCCCC(N)=O. The fraction of sp³-hybridized carbons (Fsp3) is 0.800. The summed E-state index contributed by atoms with van der Waals surface area (Å²) in [6.45, 7) is 5.21. The van der Waals surface area contributed by atoms with Crippen LogP contribution in [0, 0.1) is 0 Å². The van der Waals surface area contributed by atoms with Crippen molar-refractivity contribution in [2.75, 3.05) is 13.1 Å². The molecule has 4 N–H and O–H groups in total. The minimum absolute atomic E-state index is 0.0485. The van der Waals surface area contributed by atoms with E-state index >= 15 is 0 Å². The van der Waals surface area contributed by atoms with E-state index in [1.54, 1.807) is 0 Å². The summed E-state index contributed by atoms with van der Waals surface area (Å²) < 4.78 is 0. The molecule has 0 aromatic carbocycles. The number of hydrogen-bond donors (Lipinski definition) is 3. The molecule has 0 bridgehead atoms. The van der Waals surface area contributed by atoms with Gasteiger partial charge in [0, 0.05) is 25.4 Å². The smallest absolute Gasteiger partial charge is 0.221 e. The van der Waals surface area contributed by atoms with Gasteiger partial charge in [-0.05, 0) is 26.8 Å². The van der Waals surface area contributed by atoms with Crippen molar-refractivity contribution in [3.63, 3.8) is 0 Å². The molecule has 2 amide bonds. The van der Waals surface area contributed by atoms with E-state index in [9.17, 15) is 9.59 Å². The van der Waals surface area contributed by atoms with E-state index in [1.807, 2.05) is 13.8 Å². The van der Waals surface area contributed by atoms with Gasteiger partial charge < -0.3 is 16.4 Å². The van der Waals surface area contributed by atoms with Gasteiger partial charge in [0.2, 0.25) is 11.8 Å². The predicted octanol–water partition coefficient (Wildman–Crippen LogP) is -0.244. The highest BCUT2D eigenvalue weighted by Crippen LogP contribution is 1.86. The normalized spacial score (nSPS) is 10.3. The summed E-state index contributed by atoms with van der Waals surface area (Å²) in [7, 11) is 0. The molecule has 0 aromatic rings. The second-order valence-electron chi connectivity index (χ2n) is 3.79. The maximum absolute atomic E-state index is 11.2. The van der Waals surface area contributed by atoms with Crippen LogP contribution >= 0.6 is 0 Å². The highest BCUT2D eigenvalue weighted by molar-refractivity contribution is 5.76. The number of nitrogens with one attached hydrogen (secondary N) is 2. The molecule has 88 valence electrons. The Labute approximate surface area is 90.8 Å². The lowest BCUT2D eigenvalue weighted by Gasteiger charge is -2.08. The van der Waals surface area contributed by atoms with Gasteiger partial charge in [-0.1, -0.05) is 0 Å². The van der Waals surface area contributed by atoms with Gasteiger partial charge >= 0.3 is 0 Å². The third-order valence-electron chi connectivity index (χ3n) is 1.76. The molecule has 0 aromatic heterocycles. The molecule has 0 unspecified atom stereocenters. The second kappa shape index (κ2) is 8.23. The zero-order chi connectivity index (χ0) is 11.7. The van der Waals surface area contributed by atoms with E-state index in [0.717, 1.165) is 13.0 Å².